The molecule has 4 nitrogen and oxygen atoms in total. The van der Waals surface area contributed by atoms with Crippen LogP contribution in [0.5, 0.6) is 0 Å². The fraction of sp³-hybridized carbons (Fsp3) is 0.143. The van der Waals surface area contributed by atoms with E-state index < -0.39 is 5.97 Å². The van der Waals surface area contributed by atoms with Gasteiger partial charge in [-0.05, 0) is 37.6 Å². The summed E-state index contributed by atoms with van der Waals surface area (Å²) < 4.78 is 1.25. The Labute approximate surface area is 125 Å². The van der Waals surface area contributed by atoms with E-state index in [1.165, 1.54) is 16.7 Å². The lowest BCUT2D eigenvalue weighted by Gasteiger charge is -2.15. The molecule has 0 aliphatic heterocycles. The predicted molar refractivity (Wildman–Crippen MR) is 78.5 cm³/mol. The Morgan fingerprint density at radius 1 is 1.20 bits per heavy atom. The predicted octanol–water partition coefficient (Wildman–Crippen LogP) is 3.46. The number of aromatic nitrogens is 1. The van der Waals surface area contributed by atoms with Gasteiger partial charge < -0.3 is 5.11 Å². The molecule has 0 radical (unpaired) electrons. The van der Waals surface area contributed by atoms with Gasteiger partial charge in [-0.15, -0.1) is 0 Å². The average Bonchev–Trinajstić information content (AvgIpc) is 2.32. The Kier molecular flexibility index (Phi) is 3.88. The van der Waals surface area contributed by atoms with Gasteiger partial charge in [0, 0.05) is 16.8 Å². The molecular formula is C14H11Cl2NO3. The van der Waals surface area contributed by atoms with Crippen molar-refractivity contribution >= 4 is 29.2 Å². The van der Waals surface area contributed by atoms with Gasteiger partial charge in [0.05, 0.1) is 16.3 Å². The SMILES string of the molecule is Cc1cc(=O)n(-c2cc(Cl)ccc2Cl)c(C)c1C(=O)O. The molecule has 6 heteroatoms. The van der Waals surface area contributed by atoms with E-state index in [1.54, 1.807) is 26.0 Å². The van der Waals surface area contributed by atoms with E-state index in [2.05, 4.69) is 0 Å². The Balaban J connectivity index is 2.88. The lowest BCUT2D eigenvalue weighted by Crippen LogP contribution is -2.24. The van der Waals surface area contributed by atoms with Crippen LogP contribution in [0.25, 0.3) is 5.69 Å². The van der Waals surface area contributed by atoms with Crippen molar-refractivity contribution in [2.24, 2.45) is 0 Å². The number of rotatable bonds is 2. The van der Waals surface area contributed by atoms with Crippen molar-refractivity contribution in [3.63, 3.8) is 0 Å². The third kappa shape index (κ3) is 2.44. The maximum Gasteiger partial charge on any atom is 0.337 e. The number of pyridine rings is 1. The van der Waals surface area contributed by atoms with Gasteiger partial charge in [-0.25, -0.2) is 4.79 Å². The Hall–Kier alpha value is -1.78. The minimum Gasteiger partial charge on any atom is -0.478 e. The van der Waals surface area contributed by atoms with Crippen LogP contribution >= 0.6 is 23.2 Å². The van der Waals surface area contributed by atoms with Gasteiger partial charge in [0.15, 0.2) is 0 Å². The minimum absolute atomic E-state index is 0.0839. The van der Waals surface area contributed by atoms with E-state index in [0.29, 0.717) is 27.0 Å². The molecule has 1 aromatic heterocycles. The zero-order chi connectivity index (χ0) is 15.0. The molecule has 2 rings (SSSR count). The van der Waals surface area contributed by atoms with Gasteiger partial charge in [0.25, 0.3) is 5.56 Å². The highest BCUT2D eigenvalue weighted by Crippen LogP contribution is 2.25. The first-order chi connectivity index (χ1) is 9.32. The molecule has 104 valence electrons. The number of aryl methyl sites for hydroxylation is 1. The highest BCUT2D eigenvalue weighted by atomic mass is 35.5. The standard InChI is InChI=1S/C14H11Cl2NO3/c1-7-5-12(18)17(8(2)13(7)14(19)20)11-6-9(15)3-4-10(11)16/h3-6H,1-2H3,(H,19,20). The maximum absolute atomic E-state index is 12.2. The van der Waals surface area contributed by atoms with Crippen LogP contribution in [-0.4, -0.2) is 15.6 Å². The highest BCUT2D eigenvalue weighted by Gasteiger charge is 2.18. The second kappa shape index (κ2) is 5.31. The van der Waals surface area contributed by atoms with Crippen LogP contribution in [0.15, 0.2) is 29.1 Å². The van der Waals surface area contributed by atoms with Crippen molar-refractivity contribution in [2.75, 3.05) is 0 Å². The number of carboxylic acids is 1. The summed E-state index contributed by atoms with van der Waals surface area (Å²) in [6.07, 6.45) is 0. The van der Waals surface area contributed by atoms with E-state index in [0.717, 1.165) is 0 Å². The van der Waals surface area contributed by atoms with Crippen LogP contribution in [-0.2, 0) is 0 Å². The highest BCUT2D eigenvalue weighted by molar-refractivity contribution is 6.34. The lowest BCUT2D eigenvalue weighted by molar-refractivity contribution is 0.0694. The van der Waals surface area contributed by atoms with Crippen LogP contribution < -0.4 is 5.56 Å². The third-order valence-corrected chi connectivity index (χ3v) is 3.57. The fourth-order valence-corrected chi connectivity index (χ4v) is 2.53. The topological polar surface area (TPSA) is 59.3 Å². The second-order valence-corrected chi connectivity index (χ2v) is 5.21. The largest absolute Gasteiger partial charge is 0.478 e. The van der Waals surface area contributed by atoms with Gasteiger partial charge in [-0.3, -0.25) is 9.36 Å². The van der Waals surface area contributed by atoms with Crippen molar-refractivity contribution in [2.45, 2.75) is 13.8 Å². The van der Waals surface area contributed by atoms with Gasteiger partial charge >= 0.3 is 5.97 Å². The molecule has 0 saturated heterocycles. The summed E-state index contributed by atoms with van der Waals surface area (Å²) in [5, 5.41) is 9.99. The summed E-state index contributed by atoms with van der Waals surface area (Å²) in [6.45, 7) is 3.15. The average molecular weight is 312 g/mol. The van der Waals surface area contributed by atoms with Gasteiger partial charge in [0.2, 0.25) is 0 Å². The number of halogens is 2. The van der Waals surface area contributed by atoms with Gasteiger partial charge in [-0.2, -0.15) is 0 Å². The second-order valence-electron chi connectivity index (χ2n) is 4.36. The summed E-state index contributed by atoms with van der Waals surface area (Å²) in [7, 11) is 0. The first kappa shape index (κ1) is 14.6. The molecule has 0 amide bonds. The maximum atomic E-state index is 12.2. The normalized spacial score (nSPS) is 10.6. The number of nitrogens with zero attached hydrogens (tertiary/aromatic N) is 1. The van der Waals surface area contributed by atoms with Gasteiger partial charge in [0.1, 0.15) is 0 Å². The Morgan fingerprint density at radius 3 is 2.45 bits per heavy atom. The number of aromatic carboxylic acids is 1. The number of carboxylic acid groups (broad SMARTS) is 1. The molecule has 1 aromatic carbocycles. The molecule has 2 aromatic rings. The lowest BCUT2D eigenvalue weighted by atomic mass is 10.1. The molecule has 0 fully saturated rings. The van der Waals surface area contributed by atoms with Crippen LogP contribution in [0.2, 0.25) is 10.0 Å². The third-order valence-electron chi connectivity index (χ3n) is 3.01. The summed E-state index contributed by atoms with van der Waals surface area (Å²) in [4.78, 5) is 23.5. The first-order valence-electron chi connectivity index (χ1n) is 5.75. The molecule has 1 N–H and O–H groups in total. The quantitative estimate of drug-likeness (QED) is 0.924. The molecule has 20 heavy (non-hydrogen) atoms. The van der Waals surface area contributed by atoms with Crippen LogP contribution in [0.4, 0.5) is 0 Å². The summed E-state index contributed by atoms with van der Waals surface area (Å²) in [5.74, 6) is -1.09. The number of benzene rings is 1. The van der Waals surface area contributed by atoms with Crippen molar-refractivity contribution < 1.29 is 9.90 Å². The summed E-state index contributed by atoms with van der Waals surface area (Å²) >= 11 is 12.0. The summed E-state index contributed by atoms with van der Waals surface area (Å²) in [6, 6.07) is 5.96. The Bertz CT molecular complexity index is 766. The molecule has 0 bridgehead atoms. The van der Waals surface area contributed by atoms with Crippen molar-refractivity contribution in [3.8, 4) is 5.69 Å². The number of hydrogen-bond acceptors (Lipinski definition) is 2. The van der Waals surface area contributed by atoms with E-state index in [4.69, 9.17) is 23.2 Å². The van der Waals surface area contributed by atoms with E-state index in [-0.39, 0.29) is 11.1 Å². The zero-order valence-corrected chi connectivity index (χ0v) is 12.3. The monoisotopic (exact) mass is 311 g/mol. The fourth-order valence-electron chi connectivity index (χ4n) is 2.16. The molecule has 1 heterocycles. The van der Waals surface area contributed by atoms with E-state index in [1.807, 2.05) is 0 Å². The number of hydrogen-bond donors (Lipinski definition) is 1. The molecule has 0 atom stereocenters. The zero-order valence-electron chi connectivity index (χ0n) is 10.8. The smallest absolute Gasteiger partial charge is 0.337 e. The van der Waals surface area contributed by atoms with Gasteiger partial charge in [-0.1, -0.05) is 23.2 Å². The van der Waals surface area contributed by atoms with E-state index in [9.17, 15) is 14.7 Å². The molecule has 0 saturated carbocycles. The molecule has 0 spiro atoms. The molecular weight excluding hydrogens is 301 g/mol. The van der Waals surface area contributed by atoms with Crippen molar-refractivity contribution in [1.82, 2.24) is 4.57 Å². The first-order valence-corrected chi connectivity index (χ1v) is 6.50. The number of carbonyl (C=O) groups is 1. The Morgan fingerprint density at radius 2 is 1.85 bits per heavy atom. The van der Waals surface area contributed by atoms with E-state index >= 15 is 0 Å². The van der Waals surface area contributed by atoms with Crippen molar-refractivity contribution in [1.29, 1.82) is 0 Å². The molecule has 0 aliphatic carbocycles. The molecule has 0 unspecified atom stereocenters. The van der Waals surface area contributed by atoms with Crippen LogP contribution in [0.3, 0.4) is 0 Å². The van der Waals surface area contributed by atoms with Crippen LogP contribution in [0.1, 0.15) is 21.6 Å². The van der Waals surface area contributed by atoms with Crippen molar-refractivity contribution in [3.05, 3.63) is 61.5 Å². The summed E-state index contributed by atoms with van der Waals surface area (Å²) in [5.41, 5.74) is 0.819. The molecule has 0 aliphatic rings. The van der Waals surface area contributed by atoms with Crippen LogP contribution in [0, 0.1) is 13.8 Å². The minimum atomic E-state index is -1.09.